The number of rotatable bonds is 4. The zero-order valence-corrected chi connectivity index (χ0v) is 14.4. The van der Waals surface area contributed by atoms with Gasteiger partial charge in [0.1, 0.15) is 11.9 Å². The average molecular weight is 321 g/mol. The smallest absolute Gasteiger partial charge is 0.202 e. The molecular weight excluding hydrogens is 298 g/mol. The lowest BCUT2D eigenvalue weighted by Crippen LogP contribution is -2.20. The Morgan fingerprint density at radius 1 is 1.45 bits per heavy atom. The van der Waals surface area contributed by atoms with Gasteiger partial charge in [-0.15, -0.1) is 0 Å². The van der Waals surface area contributed by atoms with Crippen molar-refractivity contribution >= 4 is 16.7 Å². The first-order valence-electron chi connectivity index (χ1n) is 7.62. The number of nitrogens with zero attached hydrogens (tertiary/aromatic N) is 4. The van der Waals surface area contributed by atoms with Gasteiger partial charge in [0, 0.05) is 49.3 Å². The van der Waals surface area contributed by atoms with Crippen LogP contribution in [0.3, 0.4) is 0 Å². The second-order valence-electron chi connectivity index (χ2n) is 6.77. The molecule has 3 rings (SSSR count). The Labute approximate surface area is 135 Å². The second kappa shape index (κ2) is 5.96. The minimum Gasteiger partial charge on any atom is -0.372 e. The first-order valence-corrected chi connectivity index (χ1v) is 8.40. The highest BCUT2D eigenvalue weighted by molar-refractivity contribution is 7.09. The van der Waals surface area contributed by atoms with Gasteiger partial charge in [-0.2, -0.15) is 9.47 Å². The Kier molecular flexibility index (Phi) is 4.18. The molecule has 0 saturated carbocycles. The van der Waals surface area contributed by atoms with E-state index < -0.39 is 0 Å². The molecule has 120 valence electrons. The standard InChI is InChI=1S/C15H23N5OS/c1-15(2,3)13-18-14(22-19-13)16-9-10-6-8-21-12(10)11-5-7-17-20(11)4/h5,7,10,12H,6,8-9H2,1-4H3,(H,16,18,19)/t10-,12+/m0/s1. The maximum atomic E-state index is 5.91. The fraction of sp³-hybridized carbons (Fsp3) is 0.667. The highest BCUT2D eigenvalue weighted by atomic mass is 32.1. The highest BCUT2D eigenvalue weighted by Gasteiger charge is 2.31. The van der Waals surface area contributed by atoms with Crippen molar-refractivity contribution in [3.8, 4) is 0 Å². The number of hydrogen-bond acceptors (Lipinski definition) is 6. The Bertz CT molecular complexity index is 630. The number of ether oxygens (including phenoxy) is 1. The van der Waals surface area contributed by atoms with Gasteiger partial charge in [0.05, 0.1) is 5.69 Å². The third kappa shape index (κ3) is 3.15. The Balaban J connectivity index is 1.63. The first-order chi connectivity index (χ1) is 10.4. The molecule has 0 unspecified atom stereocenters. The predicted octanol–water partition coefficient (Wildman–Crippen LogP) is 2.76. The molecule has 2 aromatic heterocycles. The minimum atomic E-state index is -0.00978. The summed E-state index contributed by atoms with van der Waals surface area (Å²) in [6.45, 7) is 8.02. The van der Waals surface area contributed by atoms with E-state index in [9.17, 15) is 0 Å². The van der Waals surface area contributed by atoms with Gasteiger partial charge in [0.2, 0.25) is 5.13 Å². The molecule has 1 fully saturated rings. The van der Waals surface area contributed by atoms with E-state index in [0.717, 1.165) is 36.2 Å². The zero-order valence-electron chi connectivity index (χ0n) is 13.5. The van der Waals surface area contributed by atoms with E-state index in [1.807, 2.05) is 24.0 Å². The molecule has 0 amide bonds. The van der Waals surface area contributed by atoms with Gasteiger partial charge in [-0.3, -0.25) is 4.68 Å². The molecule has 6 nitrogen and oxygen atoms in total. The predicted molar refractivity (Wildman–Crippen MR) is 87.1 cm³/mol. The SMILES string of the molecule is Cn1nccc1[C@@H]1OCC[C@H]1CNc1nc(C(C)(C)C)ns1. The van der Waals surface area contributed by atoms with Gasteiger partial charge in [0.25, 0.3) is 0 Å². The monoisotopic (exact) mass is 321 g/mol. The quantitative estimate of drug-likeness (QED) is 0.938. The van der Waals surface area contributed by atoms with Crippen molar-refractivity contribution < 1.29 is 4.74 Å². The molecule has 1 N–H and O–H groups in total. The summed E-state index contributed by atoms with van der Waals surface area (Å²) in [7, 11) is 1.96. The van der Waals surface area contributed by atoms with E-state index in [1.165, 1.54) is 11.5 Å². The van der Waals surface area contributed by atoms with Crippen LogP contribution in [0.15, 0.2) is 12.3 Å². The third-order valence-corrected chi connectivity index (χ3v) is 4.65. The van der Waals surface area contributed by atoms with Gasteiger partial charge >= 0.3 is 0 Å². The van der Waals surface area contributed by atoms with Gasteiger partial charge in [-0.1, -0.05) is 20.8 Å². The molecule has 2 atom stereocenters. The molecule has 0 bridgehead atoms. The number of nitrogens with one attached hydrogen (secondary N) is 1. The van der Waals surface area contributed by atoms with Crippen LogP contribution in [-0.4, -0.2) is 32.3 Å². The molecule has 3 heterocycles. The molecule has 0 radical (unpaired) electrons. The van der Waals surface area contributed by atoms with Crippen LogP contribution >= 0.6 is 11.5 Å². The van der Waals surface area contributed by atoms with Crippen molar-refractivity contribution in [1.29, 1.82) is 0 Å². The van der Waals surface area contributed by atoms with Gasteiger partial charge in [-0.25, -0.2) is 4.98 Å². The molecule has 1 aliphatic rings. The number of hydrogen-bond donors (Lipinski definition) is 1. The lowest BCUT2D eigenvalue weighted by Gasteiger charge is -2.19. The fourth-order valence-corrected chi connectivity index (χ4v) is 3.41. The average Bonchev–Trinajstić information content (AvgIpc) is 3.14. The first kappa shape index (κ1) is 15.4. The van der Waals surface area contributed by atoms with Crippen molar-refractivity contribution in [3.05, 3.63) is 23.8 Å². The van der Waals surface area contributed by atoms with Crippen LogP contribution in [0.5, 0.6) is 0 Å². The maximum Gasteiger partial charge on any atom is 0.202 e. The molecule has 22 heavy (non-hydrogen) atoms. The zero-order chi connectivity index (χ0) is 15.7. The Hall–Kier alpha value is -1.47. The van der Waals surface area contributed by atoms with Crippen molar-refractivity contribution in [2.45, 2.75) is 38.7 Å². The lowest BCUT2D eigenvalue weighted by atomic mass is 9.96. The van der Waals surface area contributed by atoms with Gasteiger partial charge < -0.3 is 10.1 Å². The third-order valence-electron chi connectivity index (χ3n) is 3.98. The van der Waals surface area contributed by atoms with Crippen LogP contribution in [-0.2, 0) is 17.2 Å². The summed E-state index contributed by atoms with van der Waals surface area (Å²) in [6.07, 6.45) is 2.98. The van der Waals surface area contributed by atoms with Crippen LogP contribution in [0.1, 0.15) is 44.8 Å². The normalized spacial score (nSPS) is 22.2. The van der Waals surface area contributed by atoms with Crippen LogP contribution in [0.4, 0.5) is 5.13 Å². The lowest BCUT2D eigenvalue weighted by molar-refractivity contribution is 0.0866. The summed E-state index contributed by atoms with van der Waals surface area (Å²) in [4.78, 5) is 4.59. The van der Waals surface area contributed by atoms with Crippen LogP contribution < -0.4 is 5.32 Å². The second-order valence-corrected chi connectivity index (χ2v) is 7.53. The summed E-state index contributed by atoms with van der Waals surface area (Å²) in [5, 5.41) is 8.56. The van der Waals surface area contributed by atoms with Crippen molar-refractivity contribution in [2.24, 2.45) is 13.0 Å². The molecule has 0 aromatic carbocycles. The number of aromatic nitrogens is 4. The van der Waals surface area contributed by atoms with Crippen LogP contribution in [0, 0.1) is 5.92 Å². The summed E-state index contributed by atoms with van der Waals surface area (Å²) in [5.41, 5.74) is 1.13. The van der Waals surface area contributed by atoms with E-state index in [1.54, 1.807) is 0 Å². The molecule has 1 aliphatic heterocycles. The largest absolute Gasteiger partial charge is 0.372 e. The highest BCUT2D eigenvalue weighted by Crippen LogP contribution is 2.34. The van der Waals surface area contributed by atoms with E-state index in [0.29, 0.717) is 5.92 Å². The van der Waals surface area contributed by atoms with Gasteiger partial charge in [0.15, 0.2) is 0 Å². The van der Waals surface area contributed by atoms with Gasteiger partial charge in [-0.05, 0) is 12.5 Å². The maximum absolute atomic E-state index is 5.91. The summed E-state index contributed by atoms with van der Waals surface area (Å²) in [6, 6.07) is 2.03. The number of anilines is 1. The Morgan fingerprint density at radius 3 is 2.91 bits per heavy atom. The number of aryl methyl sites for hydroxylation is 1. The molecular formula is C15H23N5OS. The van der Waals surface area contributed by atoms with E-state index in [4.69, 9.17) is 4.74 Å². The summed E-state index contributed by atoms with van der Waals surface area (Å²) >= 11 is 1.43. The molecule has 7 heteroatoms. The molecule has 0 spiro atoms. The summed E-state index contributed by atoms with van der Waals surface area (Å²) in [5.74, 6) is 1.32. The van der Waals surface area contributed by atoms with Crippen LogP contribution in [0.25, 0.3) is 0 Å². The minimum absolute atomic E-state index is 0.00978. The molecule has 2 aromatic rings. The Morgan fingerprint density at radius 2 is 2.27 bits per heavy atom. The van der Waals surface area contributed by atoms with Crippen molar-refractivity contribution in [2.75, 3.05) is 18.5 Å². The molecule has 1 saturated heterocycles. The molecule has 0 aliphatic carbocycles. The van der Waals surface area contributed by atoms with E-state index >= 15 is 0 Å². The van der Waals surface area contributed by atoms with E-state index in [2.05, 4.69) is 40.5 Å². The van der Waals surface area contributed by atoms with Crippen molar-refractivity contribution in [1.82, 2.24) is 19.1 Å². The van der Waals surface area contributed by atoms with Crippen LogP contribution in [0.2, 0.25) is 0 Å². The van der Waals surface area contributed by atoms with Crippen molar-refractivity contribution in [3.63, 3.8) is 0 Å². The van der Waals surface area contributed by atoms with E-state index in [-0.39, 0.29) is 11.5 Å². The fourth-order valence-electron chi connectivity index (χ4n) is 2.65. The summed E-state index contributed by atoms with van der Waals surface area (Å²) < 4.78 is 12.2. The topological polar surface area (TPSA) is 64.9 Å².